The molecule has 0 radical (unpaired) electrons. The molecule has 0 aromatic heterocycles. The number of carbonyl (C=O) groups is 2. The fourth-order valence-corrected chi connectivity index (χ4v) is 2.13. The Kier molecular flexibility index (Phi) is 7.64. The fraction of sp³-hybridized carbons (Fsp3) is 0.211. The molecule has 0 aliphatic rings. The third kappa shape index (κ3) is 6.94. The van der Waals surface area contributed by atoms with Gasteiger partial charge in [-0.3, -0.25) is 9.59 Å². The van der Waals surface area contributed by atoms with Crippen LogP contribution in [0.25, 0.3) is 0 Å². The van der Waals surface area contributed by atoms with Gasteiger partial charge in [-0.05, 0) is 48.4 Å². The number of nitrogens with zero attached hydrogens (tertiary/aromatic N) is 1. The lowest BCUT2D eigenvalue weighted by atomic mass is 10.2. The van der Waals surface area contributed by atoms with Gasteiger partial charge in [-0.25, -0.2) is 5.43 Å². The minimum absolute atomic E-state index is 0.334. The van der Waals surface area contributed by atoms with Gasteiger partial charge in [-0.2, -0.15) is 5.10 Å². The number of anilines is 1. The van der Waals surface area contributed by atoms with Gasteiger partial charge in [0.05, 0.1) is 12.8 Å². The van der Waals surface area contributed by atoms with Crippen molar-refractivity contribution in [1.82, 2.24) is 5.43 Å². The zero-order valence-corrected chi connectivity index (χ0v) is 15.1. The van der Waals surface area contributed by atoms with Crippen molar-refractivity contribution in [3.63, 3.8) is 0 Å². The maximum atomic E-state index is 11.8. The van der Waals surface area contributed by atoms with Gasteiger partial charge in [0.15, 0.2) is 0 Å². The summed E-state index contributed by atoms with van der Waals surface area (Å²) in [6.45, 7) is 2.67. The number of carbonyl (C=O) groups excluding carboxylic acids is 2. The van der Waals surface area contributed by atoms with Crippen LogP contribution < -0.4 is 15.5 Å². The molecule has 0 bridgehead atoms. The van der Waals surface area contributed by atoms with E-state index in [9.17, 15) is 9.59 Å². The highest BCUT2D eigenvalue weighted by Crippen LogP contribution is 2.14. The van der Waals surface area contributed by atoms with E-state index in [0.717, 1.165) is 17.7 Å². The Hall–Kier alpha value is -2.86. The predicted molar refractivity (Wildman–Crippen MR) is 103 cm³/mol. The zero-order valence-electron chi connectivity index (χ0n) is 14.4. The summed E-state index contributed by atoms with van der Waals surface area (Å²) in [4.78, 5) is 23.6. The van der Waals surface area contributed by atoms with E-state index in [4.69, 9.17) is 16.3 Å². The number of ether oxygens (including phenoxy) is 1. The molecule has 0 spiro atoms. The quantitative estimate of drug-likeness (QED) is 0.421. The van der Waals surface area contributed by atoms with E-state index in [2.05, 4.69) is 15.8 Å². The summed E-state index contributed by atoms with van der Waals surface area (Å²) in [5.41, 5.74) is 3.68. The molecule has 136 valence electrons. The van der Waals surface area contributed by atoms with E-state index >= 15 is 0 Å². The molecule has 7 heteroatoms. The second-order valence-electron chi connectivity index (χ2n) is 5.45. The van der Waals surface area contributed by atoms with Crippen LogP contribution in [0.1, 0.15) is 25.3 Å². The van der Waals surface area contributed by atoms with Crippen LogP contribution >= 0.6 is 11.6 Å². The molecular weight excluding hydrogens is 354 g/mol. The van der Waals surface area contributed by atoms with E-state index in [-0.39, 0.29) is 6.42 Å². The zero-order chi connectivity index (χ0) is 18.8. The molecule has 6 nitrogen and oxygen atoms in total. The summed E-state index contributed by atoms with van der Waals surface area (Å²) in [5, 5.41) is 7.03. The Balaban J connectivity index is 1.79. The Bertz CT molecular complexity index is 776. The molecule has 2 amide bonds. The highest BCUT2D eigenvalue weighted by molar-refractivity contribution is 6.30. The van der Waals surface area contributed by atoms with Crippen LogP contribution in [-0.2, 0) is 9.59 Å². The standard InChI is InChI=1S/C19H20ClN3O3/c1-2-10-26-17-5-3-4-14(11-17)13-21-23-19(25)12-18(24)22-16-8-6-15(20)7-9-16/h3-9,11,13H,2,10,12H2,1H3,(H,22,24)(H,23,25). The summed E-state index contributed by atoms with van der Waals surface area (Å²) in [7, 11) is 0. The Labute approximate surface area is 157 Å². The maximum absolute atomic E-state index is 11.8. The van der Waals surface area contributed by atoms with Crippen LogP contribution in [0, 0.1) is 0 Å². The average Bonchev–Trinajstić information content (AvgIpc) is 2.62. The molecule has 2 rings (SSSR count). The van der Waals surface area contributed by atoms with Crippen molar-refractivity contribution < 1.29 is 14.3 Å². The van der Waals surface area contributed by atoms with Crippen LogP contribution in [0.15, 0.2) is 53.6 Å². The third-order valence-electron chi connectivity index (χ3n) is 3.18. The Morgan fingerprint density at radius 2 is 1.92 bits per heavy atom. The first-order valence-electron chi connectivity index (χ1n) is 8.17. The molecular formula is C19H20ClN3O3. The van der Waals surface area contributed by atoms with Gasteiger partial charge in [-0.1, -0.05) is 30.7 Å². The molecule has 0 aliphatic carbocycles. The summed E-state index contributed by atoms with van der Waals surface area (Å²) in [6.07, 6.45) is 2.08. The highest BCUT2D eigenvalue weighted by atomic mass is 35.5. The Morgan fingerprint density at radius 1 is 1.15 bits per heavy atom. The smallest absolute Gasteiger partial charge is 0.249 e. The first kappa shape index (κ1) is 19.5. The number of hydrogen-bond donors (Lipinski definition) is 2. The molecule has 0 atom stereocenters. The molecule has 0 fully saturated rings. The van der Waals surface area contributed by atoms with E-state index in [1.165, 1.54) is 6.21 Å². The van der Waals surface area contributed by atoms with Crippen molar-refractivity contribution in [2.75, 3.05) is 11.9 Å². The fourth-order valence-electron chi connectivity index (χ4n) is 2.01. The summed E-state index contributed by atoms with van der Waals surface area (Å²) in [6, 6.07) is 14.0. The van der Waals surface area contributed by atoms with Crippen molar-refractivity contribution in [2.45, 2.75) is 19.8 Å². The Morgan fingerprint density at radius 3 is 2.65 bits per heavy atom. The average molecular weight is 374 g/mol. The molecule has 2 aromatic carbocycles. The van der Waals surface area contributed by atoms with Crippen molar-refractivity contribution in [2.24, 2.45) is 5.10 Å². The number of rotatable bonds is 8. The van der Waals surface area contributed by atoms with Crippen molar-refractivity contribution in [3.05, 3.63) is 59.1 Å². The number of benzene rings is 2. The van der Waals surface area contributed by atoms with Crippen LogP contribution in [0.2, 0.25) is 5.02 Å². The minimum atomic E-state index is -0.508. The molecule has 0 saturated carbocycles. The van der Waals surface area contributed by atoms with Gasteiger partial charge in [0.25, 0.3) is 0 Å². The molecule has 2 N–H and O–H groups in total. The first-order chi connectivity index (χ1) is 12.6. The van der Waals surface area contributed by atoms with Crippen LogP contribution in [0.3, 0.4) is 0 Å². The van der Waals surface area contributed by atoms with Crippen LogP contribution in [-0.4, -0.2) is 24.6 Å². The summed E-state index contributed by atoms with van der Waals surface area (Å²) in [5.74, 6) is -0.203. The van der Waals surface area contributed by atoms with Gasteiger partial charge in [0, 0.05) is 10.7 Å². The predicted octanol–water partition coefficient (Wildman–Crippen LogP) is 3.61. The largest absolute Gasteiger partial charge is 0.494 e. The monoisotopic (exact) mass is 373 g/mol. The lowest BCUT2D eigenvalue weighted by Crippen LogP contribution is -2.24. The van der Waals surface area contributed by atoms with E-state index < -0.39 is 11.8 Å². The third-order valence-corrected chi connectivity index (χ3v) is 3.43. The number of hydrogen-bond acceptors (Lipinski definition) is 4. The number of halogens is 1. The van der Waals surface area contributed by atoms with Gasteiger partial charge < -0.3 is 10.1 Å². The number of nitrogens with one attached hydrogen (secondary N) is 2. The van der Waals surface area contributed by atoms with Gasteiger partial charge in [-0.15, -0.1) is 0 Å². The maximum Gasteiger partial charge on any atom is 0.249 e. The topological polar surface area (TPSA) is 79.8 Å². The molecule has 0 unspecified atom stereocenters. The van der Waals surface area contributed by atoms with Crippen LogP contribution in [0.4, 0.5) is 5.69 Å². The lowest BCUT2D eigenvalue weighted by molar-refractivity contribution is -0.126. The van der Waals surface area contributed by atoms with Crippen molar-refractivity contribution in [3.8, 4) is 5.75 Å². The SMILES string of the molecule is CCCOc1cccc(C=NNC(=O)CC(=O)Nc2ccc(Cl)cc2)c1. The molecule has 0 saturated heterocycles. The first-order valence-corrected chi connectivity index (χ1v) is 8.55. The second-order valence-corrected chi connectivity index (χ2v) is 5.88. The lowest BCUT2D eigenvalue weighted by Gasteiger charge is -2.05. The van der Waals surface area contributed by atoms with Gasteiger partial charge >= 0.3 is 0 Å². The summed E-state index contributed by atoms with van der Waals surface area (Å²) < 4.78 is 5.53. The van der Waals surface area contributed by atoms with Crippen molar-refractivity contribution >= 4 is 35.3 Å². The minimum Gasteiger partial charge on any atom is -0.494 e. The van der Waals surface area contributed by atoms with Gasteiger partial charge in [0.2, 0.25) is 11.8 Å². The molecule has 26 heavy (non-hydrogen) atoms. The van der Waals surface area contributed by atoms with E-state index in [1.54, 1.807) is 24.3 Å². The molecule has 0 aliphatic heterocycles. The van der Waals surface area contributed by atoms with E-state index in [0.29, 0.717) is 17.3 Å². The summed E-state index contributed by atoms with van der Waals surface area (Å²) >= 11 is 5.77. The number of hydrazone groups is 1. The second kappa shape index (κ2) is 10.2. The van der Waals surface area contributed by atoms with Crippen molar-refractivity contribution in [1.29, 1.82) is 0 Å². The molecule has 0 heterocycles. The normalized spacial score (nSPS) is 10.5. The highest BCUT2D eigenvalue weighted by Gasteiger charge is 2.08. The molecule has 2 aromatic rings. The van der Waals surface area contributed by atoms with E-state index in [1.807, 2.05) is 31.2 Å². The van der Waals surface area contributed by atoms with Gasteiger partial charge in [0.1, 0.15) is 12.2 Å². The van der Waals surface area contributed by atoms with Crippen LogP contribution in [0.5, 0.6) is 5.75 Å². The number of amides is 2.